The van der Waals surface area contributed by atoms with Crippen LogP contribution in [0.5, 0.6) is 5.75 Å². The number of phenolic OH excluding ortho intramolecular Hbond substituents is 1. The Labute approximate surface area is 118 Å². The molecule has 1 aromatic rings. The molecule has 2 N–H and O–H groups in total. The summed E-state index contributed by atoms with van der Waals surface area (Å²) in [5.41, 5.74) is 1.26. The summed E-state index contributed by atoms with van der Waals surface area (Å²) in [6, 6.07) is 4.68. The molecule has 0 saturated carbocycles. The fraction of sp³-hybridized carbons (Fsp3) is 0.467. The molecular weight excluding hydrogens is 256 g/mol. The van der Waals surface area contributed by atoms with Gasteiger partial charge in [0, 0.05) is 30.8 Å². The second-order valence-electron chi connectivity index (χ2n) is 5.09. The minimum Gasteiger partial charge on any atom is -0.508 e. The molecule has 1 unspecified atom stereocenters. The first kappa shape index (κ1) is 14.5. The van der Waals surface area contributed by atoms with Crippen LogP contribution in [0, 0.1) is 0 Å². The fourth-order valence-electron chi connectivity index (χ4n) is 2.54. The lowest BCUT2D eigenvalue weighted by molar-refractivity contribution is -0.129. The van der Waals surface area contributed by atoms with E-state index in [0.29, 0.717) is 24.2 Å². The fourth-order valence-corrected chi connectivity index (χ4v) is 2.54. The zero-order valence-electron chi connectivity index (χ0n) is 11.8. The van der Waals surface area contributed by atoms with E-state index in [2.05, 4.69) is 5.32 Å². The lowest BCUT2D eigenvalue weighted by atomic mass is 10.0. The van der Waals surface area contributed by atoms with E-state index in [1.165, 1.54) is 13.0 Å². The summed E-state index contributed by atoms with van der Waals surface area (Å²) >= 11 is 0. The SMILES string of the molecule is CCC1C(=O)NCCN1Cc1cc(C(C)=O)ccc1O. The van der Waals surface area contributed by atoms with E-state index >= 15 is 0 Å². The number of benzene rings is 1. The molecular formula is C15H20N2O3. The Hall–Kier alpha value is -1.88. The number of aromatic hydroxyl groups is 1. The van der Waals surface area contributed by atoms with Gasteiger partial charge in [-0.1, -0.05) is 6.92 Å². The maximum atomic E-state index is 11.8. The number of hydrogen-bond donors (Lipinski definition) is 2. The number of nitrogens with one attached hydrogen (secondary N) is 1. The van der Waals surface area contributed by atoms with Crippen molar-refractivity contribution in [2.75, 3.05) is 13.1 Å². The molecule has 1 saturated heterocycles. The van der Waals surface area contributed by atoms with Gasteiger partial charge in [0.2, 0.25) is 5.91 Å². The van der Waals surface area contributed by atoms with Crippen molar-refractivity contribution in [2.45, 2.75) is 32.9 Å². The molecule has 1 aromatic carbocycles. The number of Topliss-reactive ketones (excluding diaryl/α,β-unsaturated/α-hetero) is 1. The van der Waals surface area contributed by atoms with Crippen molar-refractivity contribution < 1.29 is 14.7 Å². The van der Waals surface area contributed by atoms with Crippen LogP contribution in [0.25, 0.3) is 0 Å². The number of rotatable bonds is 4. The molecule has 0 aliphatic carbocycles. The molecule has 0 bridgehead atoms. The second-order valence-corrected chi connectivity index (χ2v) is 5.09. The Bertz CT molecular complexity index is 528. The molecule has 0 aromatic heterocycles. The number of phenols is 1. The van der Waals surface area contributed by atoms with Crippen molar-refractivity contribution in [3.05, 3.63) is 29.3 Å². The number of nitrogens with zero attached hydrogens (tertiary/aromatic N) is 1. The van der Waals surface area contributed by atoms with Crippen LogP contribution in [-0.4, -0.2) is 40.8 Å². The highest BCUT2D eigenvalue weighted by Gasteiger charge is 2.28. The Kier molecular flexibility index (Phi) is 4.39. The van der Waals surface area contributed by atoms with Crippen molar-refractivity contribution in [1.82, 2.24) is 10.2 Å². The van der Waals surface area contributed by atoms with Crippen LogP contribution in [0.3, 0.4) is 0 Å². The molecule has 0 radical (unpaired) electrons. The van der Waals surface area contributed by atoms with E-state index in [1.54, 1.807) is 12.1 Å². The Morgan fingerprint density at radius 1 is 1.50 bits per heavy atom. The third-order valence-electron chi connectivity index (χ3n) is 3.69. The molecule has 1 heterocycles. The maximum Gasteiger partial charge on any atom is 0.237 e. The molecule has 5 heteroatoms. The minimum atomic E-state index is -0.177. The smallest absolute Gasteiger partial charge is 0.237 e. The topological polar surface area (TPSA) is 69.6 Å². The van der Waals surface area contributed by atoms with Crippen molar-refractivity contribution >= 4 is 11.7 Å². The third kappa shape index (κ3) is 2.99. The zero-order chi connectivity index (χ0) is 14.7. The van der Waals surface area contributed by atoms with Gasteiger partial charge in [-0.2, -0.15) is 0 Å². The predicted molar refractivity (Wildman–Crippen MR) is 75.6 cm³/mol. The minimum absolute atomic E-state index is 0.0287. The van der Waals surface area contributed by atoms with Gasteiger partial charge in [-0.05, 0) is 31.5 Å². The van der Waals surface area contributed by atoms with E-state index in [9.17, 15) is 14.7 Å². The van der Waals surface area contributed by atoms with Gasteiger partial charge in [0.05, 0.1) is 6.04 Å². The van der Waals surface area contributed by atoms with E-state index in [0.717, 1.165) is 13.0 Å². The second kappa shape index (κ2) is 6.05. The Balaban J connectivity index is 2.22. The van der Waals surface area contributed by atoms with E-state index in [4.69, 9.17) is 0 Å². The molecule has 1 amide bonds. The summed E-state index contributed by atoms with van der Waals surface area (Å²) in [7, 11) is 0. The van der Waals surface area contributed by atoms with Gasteiger partial charge < -0.3 is 10.4 Å². The van der Waals surface area contributed by atoms with Crippen molar-refractivity contribution in [1.29, 1.82) is 0 Å². The first-order chi connectivity index (χ1) is 9.52. The van der Waals surface area contributed by atoms with Gasteiger partial charge in [-0.15, -0.1) is 0 Å². The molecule has 1 atom stereocenters. The molecule has 2 rings (SSSR count). The summed E-state index contributed by atoms with van der Waals surface area (Å²) in [5.74, 6) is 0.159. The molecule has 1 fully saturated rings. The lowest BCUT2D eigenvalue weighted by Gasteiger charge is -2.34. The number of amides is 1. The third-order valence-corrected chi connectivity index (χ3v) is 3.69. The maximum absolute atomic E-state index is 11.8. The van der Waals surface area contributed by atoms with E-state index < -0.39 is 0 Å². The monoisotopic (exact) mass is 276 g/mol. The van der Waals surface area contributed by atoms with Gasteiger partial charge >= 0.3 is 0 Å². The van der Waals surface area contributed by atoms with Gasteiger partial charge in [-0.25, -0.2) is 0 Å². The van der Waals surface area contributed by atoms with Crippen molar-refractivity contribution in [2.24, 2.45) is 0 Å². The summed E-state index contributed by atoms with van der Waals surface area (Å²) in [6.45, 7) is 5.29. The van der Waals surface area contributed by atoms with Crippen LogP contribution >= 0.6 is 0 Å². The molecule has 20 heavy (non-hydrogen) atoms. The highest BCUT2D eigenvalue weighted by Crippen LogP contribution is 2.23. The van der Waals surface area contributed by atoms with E-state index in [-0.39, 0.29) is 23.5 Å². The van der Waals surface area contributed by atoms with Crippen molar-refractivity contribution in [3.63, 3.8) is 0 Å². The first-order valence-electron chi connectivity index (χ1n) is 6.87. The molecule has 108 valence electrons. The van der Waals surface area contributed by atoms with Crippen LogP contribution in [0.4, 0.5) is 0 Å². The average molecular weight is 276 g/mol. The van der Waals surface area contributed by atoms with Crippen LogP contribution in [-0.2, 0) is 11.3 Å². The number of carbonyl (C=O) groups excluding carboxylic acids is 2. The number of piperazine rings is 1. The molecule has 0 spiro atoms. The highest BCUT2D eigenvalue weighted by molar-refractivity contribution is 5.94. The van der Waals surface area contributed by atoms with Crippen LogP contribution in [0.15, 0.2) is 18.2 Å². The molecule has 1 aliphatic heterocycles. The van der Waals surface area contributed by atoms with Crippen molar-refractivity contribution in [3.8, 4) is 5.75 Å². The van der Waals surface area contributed by atoms with Gasteiger partial charge in [-0.3, -0.25) is 14.5 Å². The standard InChI is InChI=1S/C15H20N2O3/c1-3-13-15(20)16-6-7-17(13)9-12-8-11(10(2)18)4-5-14(12)19/h4-5,8,13,19H,3,6-7,9H2,1-2H3,(H,16,20). The Morgan fingerprint density at radius 3 is 2.90 bits per heavy atom. The summed E-state index contributed by atoms with van der Waals surface area (Å²) in [6.07, 6.45) is 0.721. The van der Waals surface area contributed by atoms with Crippen LogP contribution in [0.2, 0.25) is 0 Å². The quantitative estimate of drug-likeness (QED) is 0.813. The largest absolute Gasteiger partial charge is 0.508 e. The first-order valence-corrected chi connectivity index (χ1v) is 6.87. The molecule has 1 aliphatic rings. The number of carbonyl (C=O) groups is 2. The number of ketones is 1. The Morgan fingerprint density at radius 2 is 2.25 bits per heavy atom. The number of hydrogen-bond acceptors (Lipinski definition) is 4. The molecule has 5 nitrogen and oxygen atoms in total. The van der Waals surface area contributed by atoms with Crippen LogP contribution < -0.4 is 5.32 Å². The predicted octanol–water partition coefficient (Wildman–Crippen LogP) is 1.31. The van der Waals surface area contributed by atoms with Gasteiger partial charge in [0.25, 0.3) is 0 Å². The highest BCUT2D eigenvalue weighted by atomic mass is 16.3. The summed E-state index contributed by atoms with van der Waals surface area (Å²) in [4.78, 5) is 25.3. The van der Waals surface area contributed by atoms with E-state index in [1.807, 2.05) is 11.8 Å². The lowest BCUT2D eigenvalue weighted by Crippen LogP contribution is -2.54. The summed E-state index contributed by atoms with van der Waals surface area (Å²) in [5, 5.41) is 12.8. The van der Waals surface area contributed by atoms with Crippen LogP contribution in [0.1, 0.15) is 36.2 Å². The normalized spacial score (nSPS) is 19.7. The van der Waals surface area contributed by atoms with Gasteiger partial charge in [0.1, 0.15) is 5.75 Å². The summed E-state index contributed by atoms with van der Waals surface area (Å²) < 4.78 is 0. The average Bonchev–Trinajstić information content (AvgIpc) is 2.41. The zero-order valence-corrected chi connectivity index (χ0v) is 11.8. The van der Waals surface area contributed by atoms with Gasteiger partial charge in [0.15, 0.2) is 5.78 Å².